The van der Waals surface area contributed by atoms with E-state index in [9.17, 15) is 14.4 Å². The molecule has 0 unspecified atom stereocenters. The Morgan fingerprint density at radius 2 is 1.77 bits per heavy atom. The third-order valence-corrected chi connectivity index (χ3v) is 7.03. The minimum Gasteiger partial charge on any atom is -0.476 e. The number of ether oxygens (including phenoxy) is 2. The number of amides is 2. The molecular weight excluding hydrogens is 470 g/mol. The smallest absolute Gasteiger partial charge is 0.407 e. The zero-order valence-electron chi connectivity index (χ0n) is 18.6. The number of benzene rings is 2. The lowest BCUT2D eigenvalue weighted by atomic mass is 9.98. The maximum absolute atomic E-state index is 12.6. The van der Waals surface area contributed by atoms with Crippen molar-refractivity contribution in [1.29, 1.82) is 0 Å². The SMILES string of the molecule is O=C(N[C@H]1CCO[C@H]1C(=O)NCc1nc(C(=O)O)cs1)OCC1c2ccccc2-c2ccccc21. The number of carbonyl (C=O) groups excluding carboxylic acids is 2. The number of carboxylic acid groups (broad SMARTS) is 1. The summed E-state index contributed by atoms with van der Waals surface area (Å²) in [6.45, 7) is 0.585. The number of alkyl carbamates (subject to hydrolysis) is 1. The standard InChI is InChI=1S/C25H23N3O6S/c29-23(26-11-21-27-20(13-35-21)24(30)31)22-19(9-10-33-22)28-25(32)34-12-18-16-7-3-1-5-14(16)15-6-2-4-8-17(15)18/h1-8,13,18-19,22H,9-12H2,(H,26,29)(H,28,32)(H,30,31)/t19-,22+/m0/s1. The summed E-state index contributed by atoms with van der Waals surface area (Å²) >= 11 is 1.15. The Kier molecular flexibility index (Phi) is 6.47. The summed E-state index contributed by atoms with van der Waals surface area (Å²) in [5.74, 6) is -1.58. The average Bonchev–Trinajstić information content (AvgIpc) is 3.59. The molecule has 2 amide bonds. The summed E-state index contributed by atoms with van der Waals surface area (Å²) in [6, 6.07) is 15.7. The second-order valence-corrected chi connectivity index (χ2v) is 9.25. The van der Waals surface area contributed by atoms with Crippen LogP contribution in [0.4, 0.5) is 4.79 Å². The number of hydrogen-bond acceptors (Lipinski definition) is 7. The van der Waals surface area contributed by atoms with Gasteiger partial charge in [-0.2, -0.15) is 0 Å². The van der Waals surface area contributed by atoms with Crippen LogP contribution in [0, 0.1) is 0 Å². The molecule has 2 heterocycles. The summed E-state index contributed by atoms with van der Waals surface area (Å²) in [6.07, 6.45) is -0.997. The number of aromatic carboxylic acids is 1. The normalized spacial score (nSPS) is 18.5. The average molecular weight is 494 g/mol. The number of aromatic nitrogens is 1. The maximum Gasteiger partial charge on any atom is 0.407 e. The molecule has 35 heavy (non-hydrogen) atoms. The molecular formula is C25H23N3O6S. The molecule has 1 aliphatic carbocycles. The highest BCUT2D eigenvalue weighted by Crippen LogP contribution is 2.44. The summed E-state index contributed by atoms with van der Waals surface area (Å²) < 4.78 is 11.1. The van der Waals surface area contributed by atoms with Crippen molar-refractivity contribution in [2.24, 2.45) is 0 Å². The molecule has 2 aromatic carbocycles. The van der Waals surface area contributed by atoms with Gasteiger partial charge in [-0.15, -0.1) is 11.3 Å². The third-order valence-electron chi connectivity index (χ3n) is 6.18. The Labute approximate surface area is 205 Å². The molecule has 1 aromatic heterocycles. The summed E-state index contributed by atoms with van der Waals surface area (Å²) in [5.41, 5.74) is 4.47. The van der Waals surface area contributed by atoms with Crippen LogP contribution in [0.3, 0.4) is 0 Å². The number of rotatable bonds is 7. The van der Waals surface area contributed by atoms with E-state index in [0.717, 1.165) is 33.6 Å². The van der Waals surface area contributed by atoms with Gasteiger partial charge < -0.3 is 25.2 Å². The molecule has 10 heteroatoms. The number of nitrogens with one attached hydrogen (secondary N) is 2. The number of fused-ring (bicyclic) bond motifs is 3. The van der Waals surface area contributed by atoms with Gasteiger partial charge in [0.25, 0.3) is 5.91 Å². The first kappa shape index (κ1) is 23.0. The highest BCUT2D eigenvalue weighted by molar-refractivity contribution is 7.09. The second kappa shape index (κ2) is 9.85. The second-order valence-electron chi connectivity index (χ2n) is 8.31. The van der Waals surface area contributed by atoms with Gasteiger partial charge in [0.15, 0.2) is 11.8 Å². The molecule has 1 fully saturated rings. The number of carboxylic acids is 1. The van der Waals surface area contributed by atoms with Gasteiger partial charge in [-0.3, -0.25) is 4.79 Å². The van der Waals surface area contributed by atoms with Crippen LogP contribution in [0.5, 0.6) is 0 Å². The Bertz CT molecular complexity index is 1230. The van der Waals surface area contributed by atoms with Gasteiger partial charge in [-0.05, 0) is 28.7 Å². The molecule has 0 spiro atoms. The van der Waals surface area contributed by atoms with E-state index < -0.39 is 30.1 Å². The van der Waals surface area contributed by atoms with E-state index >= 15 is 0 Å². The van der Waals surface area contributed by atoms with Gasteiger partial charge in [-0.1, -0.05) is 48.5 Å². The van der Waals surface area contributed by atoms with Crippen molar-refractivity contribution in [2.75, 3.05) is 13.2 Å². The van der Waals surface area contributed by atoms with Crippen molar-refractivity contribution in [3.63, 3.8) is 0 Å². The lowest BCUT2D eigenvalue weighted by molar-refractivity contribution is -0.130. The van der Waals surface area contributed by atoms with E-state index in [1.807, 2.05) is 36.4 Å². The molecule has 9 nitrogen and oxygen atoms in total. The number of carbonyl (C=O) groups is 3. The first-order valence-electron chi connectivity index (χ1n) is 11.2. The highest BCUT2D eigenvalue weighted by Gasteiger charge is 2.36. The molecule has 5 rings (SSSR count). The lowest BCUT2D eigenvalue weighted by Crippen LogP contribution is -2.48. The van der Waals surface area contributed by atoms with Crippen LogP contribution >= 0.6 is 11.3 Å². The fourth-order valence-electron chi connectivity index (χ4n) is 4.54. The van der Waals surface area contributed by atoms with E-state index in [-0.39, 0.29) is 24.8 Å². The zero-order valence-corrected chi connectivity index (χ0v) is 19.4. The van der Waals surface area contributed by atoms with E-state index in [4.69, 9.17) is 14.6 Å². The minimum atomic E-state index is -1.12. The van der Waals surface area contributed by atoms with Crippen LogP contribution in [0.15, 0.2) is 53.9 Å². The van der Waals surface area contributed by atoms with Crippen molar-refractivity contribution < 1.29 is 29.0 Å². The first-order valence-corrected chi connectivity index (χ1v) is 12.1. The zero-order chi connectivity index (χ0) is 24.4. The molecule has 3 N–H and O–H groups in total. The Balaban J connectivity index is 1.16. The molecule has 1 aliphatic heterocycles. The van der Waals surface area contributed by atoms with Crippen LogP contribution in [0.2, 0.25) is 0 Å². The molecule has 0 radical (unpaired) electrons. The number of nitrogens with zero attached hydrogens (tertiary/aromatic N) is 1. The van der Waals surface area contributed by atoms with Gasteiger partial charge in [-0.25, -0.2) is 14.6 Å². The third kappa shape index (κ3) is 4.75. The molecule has 2 atom stereocenters. The van der Waals surface area contributed by atoms with Crippen molar-refractivity contribution in [3.8, 4) is 11.1 Å². The summed E-state index contributed by atoms with van der Waals surface area (Å²) in [4.78, 5) is 40.1. The van der Waals surface area contributed by atoms with Crippen molar-refractivity contribution in [2.45, 2.75) is 31.0 Å². The van der Waals surface area contributed by atoms with Crippen LogP contribution in [-0.2, 0) is 20.8 Å². The van der Waals surface area contributed by atoms with Gasteiger partial charge in [0.1, 0.15) is 11.6 Å². The van der Waals surface area contributed by atoms with Gasteiger partial charge >= 0.3 is 12.1 Å². The predicted molar refractivity (Wildman–Crippen MR) is 127 cm³/mol. The van der Waals surface area contributed by atoms with Crippen LogP contribution in [0.1, 0.15) is 39.0 Å². The fraction of sp³-hybridized carbons (Fsp3) is 0.280. The van der Waals surface area contributed by atoms with Crippen LogP contribution < -0.4 is 10.6 Å². The van der Waals surface area contributed by atoms with Crippen LogP contribution in [0.25, 0.3) is 11.1 Å². The summed E-state index contributed by atoms with van der Waals surface area (Å²) in [5, 5.41) is 16.3. The first-order chi connectivity index (χ1) is 17.0. The van der Waals surface area contributed by atoms with Gasteiger partial charge in [0.2, 0.25) is 0 Å². The molecule has 0 bridgehead atoms. The van der Waals surface area contributed by atoms with Crippen molar-refractivity contribution >= 4 is 29.3 Å². The monoisotopic (exact) mass is 493 g/mol. The van der Waals surface area contributed by atoms with Gasteiger partial charge in [0, 0.05) is 17.9 Å². The van der Waals surface area contributed by atoms with Gasteiger partial charge in [0.05, 0.1) is 12.6 Å². The Morgan fingerprint density at radius 3 is 2.43 bits per heavy atom. The molecule has 1 saturated heterocycles. The topological polar surface area (TPSA) is 127 Å². The largest absolute Gasteiger partial charge is 0.476 e. The quantitative estimate of drug-likeness (QED) is 0.461. The summed E-state index contributed by atoms with van der Waals surface area (Å²) in [7, 11) is 0. The van der Waals surface area contributed by atoms with E-state index in [1.165, 1.54) is 5.38 Å². The fourth-order valence-corrected chi connectivity index (χ4v) is 5.25. The minimum absolute atomic E-state index is 0.0546. The highest BCUT2D eigenvalue weighted by atomic mass is 32.1. The van der Waals surface area contributed by atoms with Crippen molar-refractivity contribution in [3.05, 3.63) is 75.7 Å². The molecule has 0 saturated carbocycles. The molecule has 3 aromatic rings. The Morgan fingerprint density at radius 1 is 1.09 bits per heavy atom. The van der Waals surface area contributed by atoms with E-state index in [1.54, 1.807) is 0 Å². The maximum atomic E-state index is 12.6. The van der Waals surface area contributed by atoms with Crippen LogP contribution in [-0.4, -0.2) is 53.4 Å². The molecule has 180 valence electrons. The van der Waals surface area contributed by atoms with E-state index in [0.29, 0.717) is 18.0 Å². The molecule has 2 aliphatic rings. The van der Waals surface area contributed by atoms with E-state index in [2.05, 4.69) is 27.8 Å². The number of thiazole rings is 1. The number of hydrogen-bond donors (Lipinski definition) is 3. The lowest BCUT2D eigenvalue weighted by Gasteiger charge is -2.20. The van der Waals surface area contributed by atoms with Crippen molar-refractivity contribution in [1.82, 2.24) is 15.6 Å². The predicted octanol–water partition coefficient (Wildman–Crippen LogP) is 3.15. The Hall–Kier alpha value is -3.76.